The maximum atomic E-state index is 12.3. The number of fused-ring (bicyclic) bond motifs is 2. The normalized spacial score (nSPS) is 25.7. The quantitative estimate of drug-likeness (QED) is 0.584. The Bertz CT molecular complexity index is 1090. The molecule has 4 heterocycles. The molecule has 0 radical (unpaired) electrons. The monoisotopic (exact) mass is 407 g/mol. The van der Waals surface area contributed by atoms with Crippen LogP contribution in [0.4, 0.5) is 0 Å². The standard InChI is InChI=1S/C23H25N3O4/c1-14-9-18(29-12-15(2)16-7-5-4-6-8-16)11-26-20(14)24-22(25-26)23-10-17(13-30-23)19(23)21(27)28-3/h4-9,11,15,17,19H,10,12-13H2,1-3H3/t15-,17?,19?,23?/m0/s1. The van der Waals surface area contributed by atoms with Gasteiger partial charge in [-0.05, 0) is 30.5 Å². The van der Waals surface area contributed by atoms with E-state index in [4.69, 9.17) is 19.2 Å². The molecule has 1 saturated carbocycles. The number of carbonyl (C=O) groups is 1. The zero-order valence-corrected chi connectivity index (χ0v) is 17.4. The Morgan fingerprint density at radius 1 is 1.37 bits per heavy atom. The fourth-order valence-corrected chi connectivity index (χ4v) is 4.69. The highest BCUT2D eigenvalue weighted by Crippen LogP contribution is 2.59. The molecule has 3 aromatic rings. The van der Waals surface area contributed by atoms with Crippen molar-refractivity contribution in [2.75, 3.05) is 20.3 Å². The Balaban J connectivity index is 1.39. The summed E-state index contributed by atoms with van der Waals surface area (Å²) in [4.78, 5) is 17.0. The van der Waals surface area contributed by atoms with Crippen molar-refractivity contribution < 1.29 is 19.0 Å². The van der Waals surface area contributed by atoms with Crippen molar-refractivity contribution in [3.63, 3.8) is 0 Å². The smallest absolute Gasteiger partial charge is 0.312 e. The molecule has 2 saturated heterocycles. The number of aromatic nitrogens is 3. The summed E-state index contributed by atoms with van der Waals surface area (Å²) >= 11 is 0. The number of methoxy groups -OCH3 is 1. The molecule has 3 unspecified atom stereocenters. The highest BCUT2D eigenvalue weighted by Gasteiger charge is 2.67. The lowest BCUT2D eigenvalue weighted by Crippen LogP contribution is -2.50. The van der Waals surface area contributed by atoms with Crippen molar-refractivity contribution in [2.45, 2.75) is 31.8 Å². The van der Waals surface area contributed by atoms with Crippen molar-refractivity contribution >= 4 is 11.6 Å². The van der Waals surface area contributed by atoms with E-state index in [9.17, 15) is 4.79 Å². The van der Waals surface area contributed by atoms with Crippen molar-refractivity contribution in [1.82, 2.24) is 14.6 Å². The van der Waals surface area contributed by atoms with Crippen LogP contribution in [0, 0.1) is 18.8 Å². The molecular weight excluding hydrogens is 382 g/mol. The van der Waals surface area contributed by atoms with E-state index in [-0.39, 0.29) is 23.7 Å². The van der Waals surface area contributed by atoms with Gasteiger partial charge < -0.3 is 14.2 Å². The SMILES string of the molecule is COC(=O)C1C2COC1(c1nc3c(C)cc(OC[C@H](C)c4ccccc4)cn3n1)C2. The third-order valence-corrected chi connectivity index (χ3v) is 6.39. The number of esters is 1. The summed E-state index contributed by atoms with van der Waals surface area (Å²) in [5, 5.41) is 4.67. The van der Waals surface area contributed by atoms with Crippen molar-refractivity contribution in [2.24, 2.45) is 11.8 Å². The number of hydrogen-bond acceptors (Lipinski definition) is 6. The van der Waals surface area contributed by atoms with Crippen LogP contribution in [-0.2, 0) is 19.9 Å². The van der Waals surface area contributed by atoms with E-state index in [1.54, 1.807) is 4.52 Å². The molecule has 3 fully saturated rings. The second kappa shape index (κ2) is 7.09. The van der Waals surface area contributed by atoms with Gasteiger partial charge in [-0.25, -0.2) is 9.50 Å². The minimum absolute atomic E-state index is 0.184. The average Bonchev–Trinajstić information content (AvgIpc) is 3.46. The summed E-state index contributed by atoms with van der Waals surface area (Å²) in [7, 11) is 1.41. The Labute approximate surface area is 175 Å². The second-order valence-corrected chi connectivity index (χ2v) is 8.35. The van der Waals surface area contributed by atoms with Crippen LogP contribution in [0.5, 0.6) is 5.75 Å². The van der Waals surface area contributed by atoms with E-state index in [1.807, 2.05) is 37.4 Å². The Kier molecular flexibility index (Phi) is 4.50. The van der Waals surface area contributed by atoms with Gasteiger partial charge in [-0.2, -0.15) is 0 Å². The number of ether oxygens (including phenoxy) is 3. The molecule has 30 heavy (non-hydrogen) atoms. The molecule has 0 amide bonds. The van der Waals surface area contributed by atoms with Crippen molar-refractivity contribution in [3.05, 3.63) is 59.5 Å². The highest BCUT2D eigenvalue weighted by atomic mass is 16.5. The van der Waals surface area contributed by atoms with E-state index >= 15 is 0 Å². The van der Waals surface area contributed by atoms with Crippen LogP contribution in [0.1, 0.15) is 36.2 Å². The zero-order valence-electron chi connectivity index (χ0n) is 17.4. The molecule has 3 aliphatic rings. The van der Waals surface area contributed by atoms with Crippen LogP contribution in [0.15, 0.2) is 42.6 Å². The fourth-order valence-electron chi connectivity index (χ4n) is 4.69. The van der Waals surface area contributed by atoms with Gasteiger partial charge in [0.25, 0.3) is 0 Å². The van der Waals surface area contributed by atoms with Gasteiger partial charge >= 0.3 is 5.97 Å². The third-order valence-electron chi connectivity index (χ3n) is 6.39. The summed E-state index contributed by atoms with van der Waals surface area (Å²) in [6.07, 6.45) is 2.59. The van der Waals surface area contributed by atoms with Gasteiger partial charge in [-0.15, -0.1) is 5.10 Å². The van der Waals surface area contributed by atoms with Gasteiger partial charge in [0.15, 0.2) is 11.5 Å². The largest absolute Gasteiger partial charge is 0.491 e. The Hall–Kier alpha value is -2.93. The third kappa shape index (κ3) is 2.88. The number of nitrogens with zero attached hydrogens (tertiary/aromatic N) is 3. The minimum Gasteiger partial charge on any atom is -0.491 e. The van der Waals surface area contributed by atoms with Crippen molar-refractivity contribution in [3.8, 4) is 5.75 Å². The number of benzene rings is 1. The van der Waals surface area contributed by atoms with E-state index in [2.05, 4.69) is 24.2 Å². The average molecular weight is 407 g/mol. The lowest BCUT2D eigenvalue weighted by molar-refractivity contribution is -0.164. The lowest BCUT2D eigenvalue weighted by atomic mass is 9.64. The topological polar surface area (TPSA) is 75.0 Å². The van der Waals surface area contributed by atoms with Crippen LogP contribution >= 0.6 is 0 Å². The van der Waals surface area contributed by atoms with Crippen molar-refractivity contribution in [1.29, 1.82) is 0 Å². The maximum absolute atomic E-state index is 12.3. The predicted octanol–water partition coefficient (Wildman–Crippen LogP) is 3.25. The first-order chi connectivity index (χ1) is 14.5. The Morgan fingerprint density at radius 3 is 2.90 bits per heavy atom. The molecule has 0 spiro atoms. The lowest BCUT2D eigenvalue weighted by Gasteiger charge is -2.40. The summed E-state index contributed by atoms with van der Waals surface area (Å²) in [6, 6.07) is 12.3. The number of pyridine rings is 1. The minimum atomic E-state index is -0.765. The number of hydrogen-bond donors (Lipinski definition) is 0. The van der Waals surface area contributed by atoms with Gasteiger partial charge in [0.05, 0.1) is 32.4 Å². The van der Waals surface area contributed by atoms with Gasteiger partial charge in [-0.1, -0.05) is 37.3 Å². The first-order valence-corrected chi connectivity index (χ1v) is 10.3. The summed E-state index contributed by atoms with van der Waals surface area (Å²) < 4.78 is 18.8. The molecule has 7 heteroatoms. The molecule has 1 aliphatic carbocycles. The first-order valence-electron chi connectivity index (χ1n) is 10.3. The summed E-state index contributed by atoms with van der Waals surface area (Å²) in [5.74, 6) is 1.15. The van der Waals surface area contributed by atoms with Gasteiger partial charge in [0.1, 0.15) is 11.4 Å². The van der Waals surface area contributed by atoms with E-state index < -0.39 is 5.60 Å². The number of rotatable bonds is 6. The molecule has 0 N–H and O–H groups in total. The first kappa shape index (κ1) is 19.1. The Morgan fingerprint density at radius 2 is 2.17 bits per heavy atom. The molecule has 2 aromatic heterocycles. The molecule has 2 aliphatic heterocycles. The predicted molar refractivity (Wildman–Crippen MR) is 109 cm³/mol. The van der Waals surface area contributed by atoms with Gasteiger partial charge in [-0.3, -0.25) is 4.79 Å². The molecule has 156 valence electrons. The number of carbonyl (C=O) groups excluding carboxylic acids is 1. The van der Waals surface area contributed by atoms with E-state index in [1.165, 1.54) is 12.7 Å². The summed E-state index contributed by atoms with van der Waals surface area (Å²) in [5.41, 5.74) is 2.17. The molecule has 7 nitrogen and oxygen atoms in total. The van der Waals surface area contributed by atoms with Gasteiger partial charge in [0.2, 0.25) is 0 Å². The summed E-state index contributed by atoms with van der Waals surface area (Å²) in [6.45, 7) is 5.23. The maximum Gasteiger partial charge on any atom is 0.312 e. The zero-order chi connectivity index (χ0) is 20.9. The van der Waals surface area contributed by atoms with Crippen LogP contribution in [0.2, 0.25) is 0 Å². The highest BCUT2D eigenvalue weighted by molar-refractivity contribution is 5.76. The molecule has 2 bridgehead atoms. The molecular formula is C23H25N3O4. The molecule has 1 aromatic carbocycles. The van der Waals surface area contributed by atoms with Gasteiger partial charge in [0, 0.05) is 11.8 Å². The second-order valence-electron chi connectivity index (χ2n) is 8.35. The van der Waals surface area contributed by atoms with E-state index in [0.717, 1.165) is 23.4 Å². The number of aryl methyl sites for hydroxylation is 1. The van der Waals surface area contributed by atoms with Crippen LogP contribution < -0.4 is 4.74 Å². The van der Waals surface area contributed by atoms with Crippen LogP contribution in [-0.4, -0.2) is 40.9 Å². The van der Waals surface area contributed by atoms with Crippen LogP contribution in [0.3, 0.4) is 0 Å². The van der Waals surface area contributed by atoms with Crippen LogP contribution in [0.25, 0.3) is 5.65 Å². The fraction of sp³-hybridized carbons (Fsp3) is 0.435. The molecule has 6 rings (SSSR count). The van der Waals surface area contributed by atoms with E-state index in [0.29, 0.717) is 19.0 Å². The molecule has 4 atom stereocenters.